The van der Waals surface area contributed by atoms with Crippen LogP contribution in [0.1, 0.15) is 11.1 Å². The first-order valence-corrected chi connectivity index (χ1v) is 7.70. The van der Waals surface area contributed by atoms with Gasteiger partial charge in [0.1, 0.15) is 0 Å². The summed E-state index contributed by atoms with van der Waals surface area (Å²) in [5, 5.41) is 0. The van der Waals surface area contributed by atoms with Crippen LogP contribution in [0.25, 0.3) is 0 Å². The molecule has 0 aliphatic rings. The molecule has 0 spiro atoms. The number of hydrogen-bond acceptors (Lipinski definition) is 4. The summed E-state index contributed by atoms with van der Waals surface area (Å²) in [6.07, 6.45) is 1.42. The van der Waals surface area contributed by atoms with Gasteiger partial charge in [-0.15, -0.1) is 0 Å². The lowest BCUT2D eigenvalue weighted by Gasteiger charge is -2.09. The van der Waals surface area contributed by atoms with Gasteiger partial charge in [0.15, 0.2) is 0 Å². The van der Waals surface area contributed by atoms with Crippen molar-refractivity contribution >= 4 is 15.7 Å². The van der Waals surface area contributed by atoms with Crippen molar-refractivity contribution in [2.45, 2.75) is 12.7 Å². The van der Waals surface area contributed by atoms with Crippen LogP contribution < -0.4 is 9.46 Å². The van der Waals surface area contributed by atoms with Crippen LogP contribution in [-0.2, 0) is 15.8 Å². The fraction of sp³-hybridized carbons (Fsp3) is 0.214. The van der Waals surface area contributed by atoms with E-state index in [2.05, 4.69) is 9.71 Å². The summed E-state index contributed by atoms with van der Waals surface area (Å²) in [4.78, 5) is 3.96. The number of nitrogens with one attached hydrogen (secondary N) is 1. The number of hydrogen-bond donors (Lipinski definition) is 1. The largest absolute Gasteiger partial charge is 0.481 e. The fourth-order valence-corrected chi connectivity index (χ4v) is 3.04. The van der Waals surface area contributed by atoms with Gasteiger partial charge in [-0.25, -0.2) is 13.4 Å². The van der Waals surface area contributed by atoms with Gasteiger partial charge in [-0.1, -0.05) is 24.3 Å². The molecule has 0 unspecified atom stereocenters. The van der Waals surface area contributed by atoms with Gasteiger partial charge in [0.25, 0.3) is 0 Å². The molecule has 0 radical (unpaired) electrons. The first-order chi connectivity index (χ1) is 9.50. The van der Waals surface area contributed by atoms with E-state index >= 15 is 0 Å². The number of sulfonamides is 1. The molecule has 1 aromatic heterocycles. The van der Waals surface area contributed by atoms with E-state index < -0.39 is 10.0 Å². The second-order valence-electron chi connectivity index (χ2n) is 4.38. The summed E-state index contributed by atoms with van der Waals surface area (Å²) in [5.74, 6) is 0.373. The molecule has 2 rings (SSSR count). The summed E-state index contributed by atoms with van der Waals surface area (Å²) in [5.41, 5.74) is 2.14. The maximum Gasteiger partial charge on any atom is 0.236 e. The molecule has 1 aromatic carbocycles. The standard InChI is InChI=1S/C14H16N2O3S/c1-11-5-3-4-6-12(11)10-20(17,18)16-13-7-8-14(19-2)15-9-13/h3-9,16H,10H2,1-2H3. The topological polar surface area (TPSA) is 68.3 Å². The molecule has 106 valence electrons. The van der Waals surface area contributed by atoms with E-state index in [1.807, 2.05) is 25.1 Å². The Labute approximate surface area is 118 Å². The molecule has 1 N–H and O–H groups in total. The van der Waals surface area contributed by atoms with E-state index in [1.165, 1.54) is 13.3 Å². The summed E-state index contributed by atoms with van der Waals surface area (Å²) in [6.45, 7) is 1.89. The van der Waals surface area contributed by atoms with Gasteiger partial charge in [-0.2, -0.15) is 0 Å². The minimum Gasteiger partial charge on any atom is -0.481 e. The lowest BCUT2D eigenvalue weighted by atomic mass is 10.1. The van der Waals surface area contributed by atoms with Gasteiger partial charge in [0.05, 0.1) is 24.7 Å². The Morgan fingerprint density at radius 1 is 1.20 bits per heavy atom. The third-order valence-corrected chi connectivity index (χ3v) is 4.06. The number of benzene rings is 1. The molecule has 20 heavy (non-hydrogen) atoms. The third-order valence-electron chi connectivity index (χ3n) is 2.83. The van der Waals surface area contributed by atoms with E-state index in [0.29, 0.717) is 11.6 Å². The van der Waals surface area contributed by atoms with Crippen molar-refractivity contribution in [3.63, 3.8) is 0 Å². The molecular weight excluding hydrogens is 276 g/mol. The molecule has 0 saturated carbocycles. The van der Waals surface area contributed by atoms with E-state index in [4.69, 9.17) is 4.74 Å². The van der Waals surface area contributed by atoms with Crippen LogP contribution in [0, 0.1) is 6.92 Å². The highest BCUT2D eigenvalue weighted by molar-refractivity contribution is 7.91. The molecule has 0 saturated heterocycles. The van der Waals surface area contributed by atoms with Crippen LogP contribution in [0.15, 0.2) is 42.6 Å². The van der Waals surface area contributed by atoms with Crippen LogP contribution in [0.4, 0.5) is 5.69 Å². The van der Waals surface area contributed by atoms with E-state index in [9.17, 15) is 8.42 Å². The predicted molar refractivity (Wildman–Crippen MR) is 78.2 cm³/mol. The number of aryl methyl sites for hydroxylation is 1. The Bertz CT molecular complexity index is 682. The molecule has 0 amide bonds. The molecule has 0 bridgehead atoms. The molecular formula is C14H16N2O3S. The Kier molecular flexibility index (Phi) is 4.24. The molecule has 0 aliphatic heterocycles. The molecule has 0 atom stereocenters. The average molecular weight is 292 g/mol. The van der Waals surface area contributed by atoms with E-state index in [1.54, 1.807) is 18.2 Å². The highest BCUT2D eigenvalue weighted by Gasteiger charge is 2.13. The average Bonchev–Trinajstić information content (AvgIpc) is 2.41. The zero-order valence-electron chi connectivity index (χ0n) is 11.3. The first-order valence-electron chi connectivity index (χ1n) is 6.05. The van der Waals surface area contributed by atoms with Crippen LogP contribution in [-0.4, -0.2) is 20.5 Å². The highest BCUT2D eigenvalue weighted by atomic mass is 32.2. The number of rotatable bonds is 5. The molecule has 6 heteroatoms. The number of ether oxygens (including phenoxy) is 1. The lowest BCUT2D eigenvalue weighted by Crippen LogP contribution is -2.15. The third kappa shape index (κ3) is 3.71. The SMILES string of the molecule is COc1ccc(NS(=O)(=O)Cc2ccccc2C)cn1. The zero-order valence-corrected chi connectivity index (χ0v) is 12.1. The normalized spacial score (nSPS) is 11.1. The quantitative estimate of drug-likeness (QED) is 0.918. The first kappa shape index (κ1) is 14.3. The van der Waals surface area contributed by atoms with Gasteiger partial charge >= 0.3 is 0 Å². The van der Waals surface area contributed by atoms with Gasteiger partial charge < -0.3 is 4.74 Å². The van der Waals surface area contributed by atoms with Crippen molar-refractivity contribution in [1.82, 2.24) is 4.98 Å². The Balaban J connectivity index is 2.13. The van der Waals surface area contributed by atoms with Gasteiger partial charge in [-0.05, 0) is 24.1 Å². The van der Waals surface area contributed by atoms with Crippen molar-refractivity contribution < 1.29 is 13.2 Å². The molecule has 0 aliphatic carbocycles. The minimum atomic E-state index is -3.46. The van der Waals surface area contributed by atoms with Crippen molar-refractivity contribution in [3.8, 4) is 5.88 Å². The maximum absolute atomic E-state index is 12.1. The van der Waals surface area contributed by atoms with Crippen LogP contribution >= 0.6 is 0 Å². The summed E-state index contributed by atoms with van der Waals surface area (Å²) >= 11 is 0. The van der Waals surface area contributed by atoms with Gasteiger partial charge in [0, 0.05) is 6.07 Å². The number of nitrogens with zero attached hydrogens (tertiary/aromatic N) is 1. The number of methoxy groups -OCH3 is 1. The highest BCUT2D eigenvalue weighted by Crippen LogP contribution is 2.16. The Morgan fingerprint density at radius 2 is 1.95 bits per heavy atom. The van der Waals surface area contributed by atoms with E-state index in [-0.39, 0.29) is 5.75 Å². The Hall–Kier alpha value is -2.08. The van der Waals surface area contributed by atoms with Crippen molar-refractivity contribution in [2.75, 3.05) is 11.8 Å². The number of aromatic nitrogens is 1. The lowest BCUT2D eigenvalue weighted by molar-refractivity contribution is 0.398. The van der Waals surface area contributed by atoms with Gasteiger partial charge in [0.2, 0.25) is 15.9 Å². The second-order valence-corrected chi connectivity index (χ2v) is 6.10. The minimum absolute atomic E-state index is 0.0638. The van der Waals surface area contributed by atoms with Crippen LogP contribution in [0.5, 0.6) is 5.88 Å². The molecule has 2 aromatic rings. The number of anilines is 1. The van der Waals surface area contributed by atoms with Crippen molar-refractivity contribution in [2.24, 2.45) is 0 Å². The van der Waals surface area contributed by atoms with Crippen LogP contribution in [0.3, 0.4) is 0 Å². The predicted octanol–water partition coefficient (Wildman–Crippen LogP) is 2.34. The maximum atomic E-state index is 12.1. The van der Waals surface area contributed by atoms with Crippen molar-refractivity contribution in [3.05, 3.63) is 53.7 Å². The summed E-state index contributed by atoms with van der Waals surface area (Å²) < 4.78 is 31.6. The fourth-order valence-electron chi connectivity index (χ4n) is 1.75. The van der Waals surface area contributed by atoms with Gasteiger partial charge in [-0.3, -0.25) is 4.72 Å². The van der Waals surface area contributed by atoms with E-state index in [0.717, 1.165) is 11.1 Å². The summed E-state index contributed by atoms with van der Waals surface area (Å²) in [6, 6.07) is 10.6. The van der Waals surface area contributed by atoms with Crippen LogP contribution in [0.2, 0.25) is 0 Å². The molecule has 1 heterocycles. The zero-order chi connectivity index (χ0) is 14.6. The summed E-state index contributed by atoms with van der Waals surface area (Å²) in [7, 11) is -1.96. The smallest absolute Gasteiger partial charge is 0.236 e. The molecule has 0 fully saturated rings. The number of pyridine rings is 1. The second kappa shape index (κ2) is 5.92. The van der Waals surface area contributed by atoms with Crippen molar-refractivity contribution in [1.29, 1.82) is 0 Å². The molecule has 5 nitrogen and oxygen atoms in total. The Morgan fingerprint density at radius 3 is 2.55 bits per heavy atom. The monoisotopic (exact) mass is 292 g/mol.